The van der Waals surface area contributed by atoms with Crippen LogP contribution in [0.5, 0.6) is 0 Å². The number of thioether (sulfide) groups is 1. The van der Waals surface area contributed by atoms with E-state index in [1.165, 1.54) is 12.8 Å². The molecule has 0 aromatic heterocycles. The van der Waals surface area contributed by atoms with E-state index in [9.17, 15) is 4.79 Å². The zero-order valence-electron chi connectivity index (χ0n) is 11.3. The summed E-state index contributed by atoms with van der Waals surface area (Å²) in [6.07, 6.45) is 8.06. The largest absolute Gasteiger partial charge is 0.352 e. The van der Waals surface area contributed by atoms with E-state index in [0.717, 1.165) is 24.5 Å². The first-order chi connectivity index (χ1) is 8.15. The standard InChI is InChI=1S/C13H26N2OS/c1-4-10(2)14-9-13(16)15-11-6-5-7-12(8-11)17-3/h10-12,14H,4-9H2,1-3H3,(H,15,16). The minimum absolute atomic E-state index is 0.150. The highest BCUT2D eigenvalue weighted by Gasteiger charge is 2.22. The third-order valence-corrected chi connectivity index (χ3v) is 4.64. The van der Waals surface area contributed by atoms with Crippen molar-refractivity contribution in [1.82, 2.24) is 10.6 Å². The van der Waals surface area contributed by atoms with E-state index in [1.807, 2.05) is 11.8 Å². The van der Waals surface area contributed by atoms with E-state index in [2.05, 4.69) is 30.7 Å². The van der Waals surface area contributed by atoms with Crippen molar-refractivity contribution < 1.29 is 4.79 Å². The van der Waals surface area contributed by atoms with E-state index in [-0.39, 0.29) is 5.91 Å². The van der Waals surface area contributed by atoms with E-state index in [0.29, 0.717) is 18.6 Å². The molecule has 17 heavy (non-hydrogen) atoms. The molecule has 0 heterocycles. The fourth-order valence-electron chi connectivity index (χ4n) is 2.18. The highest BCUT2D eigenvalue weighted by molar-refractivity contribution is 7.99. The van der Waals surface area contributed by atoms with Crippen LogP contribution in [0.1, 0.15) is 46.0 Å². The number of carbonyl (C=O) groups excluding carboxylic acids is 1. The second-order valence-electron chi connectivity index (χ2n) is 4.98. The molecule has 0 aromatic rings. The molecule has 0 spiro atoms. The van der Waals surface area contributed by atoms with Gasteiger partial charge in [-0.1, -0.05) is 13.3 Å². The molecule has 1 aliphatic carbocycles. The second kappa shape index (κ2) is 7.98. The zero-order valence-corrected chi connectivity index (χ0v) is 12.1. The number of nitrogens with one attached hydrogen (secondary N) is 2. The van der Waals surface area contributed by atoms with Crippen LogP contribution in [0.2, 0.25) is 0 Å². The molecule has 3 unspecified atom stereocenters. The van der Waals surface area contributed by atoms with Crippen LogP contribution in [0.25, 0.3) is 0 Å². The van der Waals surface area contributed by atoms with E-state index >= 15 is 0 Å². The Kier molecular flexibility index (Phi) is 6.97. The predicted octanol–water partition coefficient (Wildman–Crippen LogP) is 2.16. The monoisotopic (exact) mass is 258 g/mol. The molecule has 1 aliphatic rings. The van der Waals surface area contributed by atoms with Gasteiger partial charge >= 0.3 is 0 Å². The second-order valence-corrected chi connectivity index (χ2v) is 6.12. The normalized spacial score (nSPS) is 26.5. The molecule has 3 nitrogen and oxygen atoms in total. The van der Waals surface area contributed by atoms with Crippen LogP contribution in [0.3, 0.4) is 0 Å². The first-order valence-corrected chi connectivity index (χ1v) is 8.00. The highest BCUT2D eigenvalue weighted by Crippen LogP contribution is 2.26. The fraction of sp³-hybridized carbons (Fsp3) is 0.923. The summed E-state index contributed by atoms with van der Waals surface area (Å²) in [6.45, 7) is 4.69. The summed E-state index contributed by atoms with van der Waals surface area (Å²) < 4.78 is 0. The summed E-state index contributed by atoms with van der Waals surface area (Å²) in [5, 5.41) is 7.11. The van der Waals surface area contributed by atoms with Crippen molar-refractivity contribution in [1.29, 1.82) is 0 Å². The lowest BCUT2D eigenvalue weighted by molar-refractivity contribution is -0.121. The lowest BCUT2D eigenvalue weighted by Crippen LogP contribution is -2.44. The fourth-order valence-corrected chi connectivity index (χ4v) is 3.01. The minimum atomic E-state index is 0.150. The van der Waals surface area contributed by atoms with Gasteiger partial charge in [0.25, 0.3) is 0 Å². The molecule has 1 saturated carbocycles. The molecule has 3 atom stereocenters. The Hall–Kier alpha value is -0.220. The molecule has 1 rings (SSSR count). The van der Waals surface area contributed by atoms with Crippen LogP contribution in [-0.4, -0.2) is 36.0 Å². The molecular formula is C13H26N2OS. The minimum Gasteiger partial charge on any atom is -0.352 e. The molecule has 0 bridgehead atoms. The Labute approximate surface area is 109 Å². The van der Waals surface area contributed by atoms with Gasteiger partial charge in [-0.2, -0.15) is 11.8 Å². The average molecular weight is 258 g/mol. The first kappa shape index (κ1) is 14.8. The first-order valence-electron chi connectivity index (χ1n) is 6.71. The Morgan fingerprint density at radius 1 is 1.47 bits per heavy atom. The van der Waals surface area contributed by atoms with Crippen LogP contribution < -0.4 is 10.6 Å². The lowest BCUT2D eigenvalue weighted by atomic mass is 9.95. The van der Waals surface area contributed by atoms with Gasteiger partial charge in [0.15, 0.2) is 0 Å². The van der Waals surface area contributed by atoms with Crippen molar-refractivity contribution in [2.24, 2.45) is 0 Å². The molecular weight excluding hydrogens is 232 g/mol. The van der Waals surface area contributed by atoms with Crippen molar-refractivity contribution in [3.05, 3.63) is 0 Å². The van der Waals surface area contributed by atoms with Gasteiger partial charge in [0.05, 0.1) is 6.54 Å². The smallest absolute Gasteiger partial charge is 0.234 e. The van der Waals surface area contributed by atoms with E-state index in [1.54, 1.807) is 0 Å². The Bertz CT molecular complexity index is 235. The number of hydrogen-bond acceptors (Lipinski definition) is 3. The van der Waals surface area contributed by atoms with Crippen molar-refractivity contribution in [3.63, 3.8) is 0 Å². The Balaban J connectivity index is 2.21. The molecule has 0 aromatic carbocycles. The van der Waals surface area contributed by atoms with Crippen LogP contribution in [0, 0.1) is 0 Å². The zero-order chi connectivity index (χ0) is 12.7. The van der Waals surface area contributed by atoms with Crippen LogP contribution in [-0.2, 0) is 4.79 Å². The average Bonchev–Trinajstić information content (AvgIpc) is 2.36. The van der Waals surface area contributed by atoms with Crippen LogP contribution in [0.15, 0.2) is 0 Å². The summed E-state index contributed by atoms with van der Waals surface area (Å²) in [5.74, 6) is 0.150. The molecule has 1 amide bonds. The maximum Gasteiger partial charge on any atom is 0.234 e. The van der Waals surface area contributed by atoms with Crippen molar-refractivity contribution >= 4 is 17.7 Å². The van der Waals surface area contributed by atoms with Crippen molar-refractivity contribution in [2.75, 3.05) is 12.8 Å². The highest BCUT2D eigenvalue weighted by atomic mass is 32.2. The van der Waals surface area contributed by atoms with Gasteiger partial charge in [0.2, 0.25) is 5.91 Å². The topological polar surface area (TPSA) is 41.1 Å². The summed E-state index contributed by atoms with van der Waals surface area (Å²) in [6, 6.07) is 0.818. The van der Waals surface area contributed by atoms with Crippen molar-refractivity contribution in [2.45, 2.75) is 63.3 Å². The SMILES string of the molecule is CCC(C)NCC(=O)NC1CCCC(SC)C1. The molecule has 0 saturated heterocycles. The maximum absolute atomic E-state index is 11.7. The van der Waals surface area contributed by atoms with Gasteiger partial charge in [-0.3, -0.25) is 4.79 Å². The van der Waals surface area contributed by atoms with Gasteiger partial charge in [-0.15, -0.1) is 0 Å². The predicted molar refractivity (Wildman–Crippen MR) is 75.5 cm³/mol. The van der Waals surface area contributed by atoms with Gasteiger partial charge < -0.3 is 10.6 Å². The quantitative estimate of drug-likeness (QED) is 0.767. The molecule has 0 radical (unpaired) electrons. The van der Waals surface area contributed by atoms with Gasteiger partial charge in [-0.05, 0) is 38.9 Å². The maximum atomic E-state index is 11.7. The van der Waals surface area contributed by atoms with Crippen LogP contribution >= 0.6 is 11.8 Å². The number of hydrogen-bond donors (Lipinski definition) is 2. The number of amides is 1. The molecule has 2 N–H and O–H groups in total. The molecule has 100 valence electrons. The van der Waals surface area contributed by atoms with E-state index in [4.69, 9.17) is 0 Å². The molecule has 0 aliphatic heterocycles. The summed E-state index contributed by atoms with van der Waals surface area (Å²) in [5.41, 5.74) is 0. The van der Waals surface area contributed by atoms with Crippen molar-refractivity contribution in [3.8, 4) is 0 Å². The van der Waals surface area contributed by atoms with E-state index < -0.39 is 0 Å². The summed E-state index contributed by atoms with van der Waals surface area (Å²) in [4.78, 5) is 11.7. The Morgan fingerprint density at radius 2 is 2.24 bits per heavy atom. The third-order valence-electron chi connectivity index (χ3n) is 3.55. The Morgan fingerprint density at radius 3 is 2.88 bits per heavy atom. The van der Waals surface area contributed by atoms with Gasteiger partial charge in [0, 0.05) is 17.3 Å². The van der Waals surface area contributed by atoms with Crippen LogP contribution in [0.4, 0.5) is 0 Å². The molecule has 1 fully saturated rings. The van der Waals surface area contributed by atoms with Gasteiger partial charge in [-0.25, -0.2) is 0 Å². The summed E-state index contributed by atoms with van der Waals surface area (Å²) >= 11 is 1.93. The summed E-state index contributed by atoms with van der Waals surface area (Å²) in [7, 11) is 0. The third kappa shape index (κ3) is 5.77. The van der Waals surface area contributed by atoms with Gasteiger partial charge in [0.1, 0.15) is 0 Å². The molecule has 4 heteroatoms. The lowest BCUT2D eigenvalue weighted by Gasteiger charge is -2.28. The number of carbonyl (C=O) groups is 1. The number of rotatable bonds is 6.